The molecule has 150 valence electrons. The highest BCUT2D eigenvalue weighted by molar-refractivity contribution is 7.80. The Labute approximate surface area is 167 Å². The summed E-state index contributed by atoms with van der Waals surface area (Å²) in [5.74, 6) is 0. The largest absolute Gasteiger partial charge is 0.390 e. The van der Waals surface area contributed by atoms with Gasteiger partial charge in [-0.3, -0.25) is 14.3 Å². The molecule has 28 heavy (non-hydrogen) atoms. The van der Waals surface area contributed by atoms with E-state index < -0.39 is 29.7 Å². The second kappa shape index (κ2) is 9.13. The van der Waals surface area contributed by atoms with Crippen molar-refractivity contribution < 1.29 is 9.84 Å². The Morgan fingerprint density at radius 1 is 1.32 bits per heavy atom. The summed E-state index contributed by atoms with van der Waals surface area (Å²) in [6.45, 7) is 2.61. The average molecular weight is 404 g/mol. The molecular weight excluding hydrogens is 380 g/mol. The summed E-state index contributed by atoms with van der Waals surface area (Å²) in [6.07, 6.45) is 0.656. The molecule has 3 rings (SSSR count). The Morgan fingerprint density at radius 2 is 2.07 bits per heavy atom. The first-order chi connectivity index (χ1) is 13.4. The molecule has 1 aromatic carbocycles. The third kappa shape index (κ3) is 5.06. The third-order valence-electron chi connectivity index (χ3n) is 4.67. The van der Waals surface area contributed by atoms with Crippen LogP contribution in [0.4, 0.5) is 0 Å². The summed E-state index contributed by atoms with van der Waals surface area (Å²) >= 11 is 5.26. The summed E-state index contributed by atoms with van der Waals surface area (Å²) in [6, 6.07) is 10.1. The van der Waals surface area contributed by atoms with Gasteiger partial charge in [-0.15, -0.1) is 0 Å². The number of aliphatic hydroxyl groups is 1. The molecule has 2 heterocycles. The van der Waals surface area contributed by atoms with Crippen molar-refractivity contribution in [1.82, 2.24) is 20.2 Å². The summed E-state index contributed by atoms with van der Waals surface area (Å²) < 4.78 is 7.10. The lowest BCUT2D eigenvalue weighted by Crippen LogP contribution is -2.42. The van der Waals surface area contributed by atoms with Crippen molar-refractivity contribution >= 4 is 17.3 Å². The maximum atomic E-state index is 12.0. The minimum Gasteiger partial charge on any atom is -0.390 e. The number of benzene rings is 1. The van der Waals surface area contributed by atoms with Crippen molar-refractivity contribution in [3.05, 3.63) is 68.5 Å². The second-order valence-corrected chi connectivity index (χ2v) is 7.19. The smallest absolute Gasteiger partial charge is 0.330 e. The highest BCUT2D eigenvalue weighted by Gasteiger charge is 2.35. The molecule has 0 spiro atoms. The first-order valence-corrected chi connectivity index (χ1v) is 9.56. The van der Waals surface area contributed by atoms with Gasteiger partial charge >= 0.3 is 5.69 Å². The van der Waals surface area contributed by atoms with Gasteiger partial charge in [0, 0.05) is 31.3 Å². The molecule has 0 aliphatic carbocycles. The van der Waals surface area contributed by atoms with Crippen LogP contribution in [0.1, 0.15) is 23.8 Å². The SMILES string of the molecule is Cc1cn([C@@H]2C[C@H](O)[C@@H](CNC(=S)NCCc3ccccc3)O2)c(=O)[nH]c1=O. The van der Waals surface area contributed by atoms with E-state index in [1.54, 1.807) is 6.92 Å². The molecule has 3 atom stereocenters. The van der Waals surface area contributed by atoms with Crippen LogP contribution < -0.4 is 21.9 Å². The molecule has 0 unspecified atom stereocenters. The van der Waals surface area contributed by atoms with Crippen molar-refractivity contribution in [2.24, 2.45) is 0 Å². The predicted octanol–water partition coefficient (Wildman–Crippen LogP) is 0.200. The number of nitrogens with zero attached hydrogens (tertiary/aromatic N) is 1. The minimum absolute atomic E-state index is 0.256. The van der Waals surface area contributed by atoms with Crippen LogP contribution in [0, 0.1) is 6.92 Å². The van der Waals surface area contributed by atoms with E-state index in [2.05, 4.69) is 27.8 Å². The molecule has 8 nitrogen and oxygen atoms in total. The number of aromatic amines is 1. The van der Waals surface area contributed by atoms with Gasteiger partial charge in [-0.1, -0.05) is 30.3 Å². The number of thiocarbonyl (C=S) groups is 1. The van der Waals surface area contributed by atoms with E-state index in [1.807, 2.05) is 18.2 Å². The number of ether oxygens (including phenoxy) is 1. The number of aliphatic hydroxyl groups excluding tert-OH is 1. The summed E-state index contributed by atoms with van der Waals surface area (Å²) in [5, 5.41) is 16.9. The molecule has 1 fully saturated rings. The number of nitrogens with one attached hydrogen (secondary N) is 3. The molecule has 0 bridgehead atoms. The molecule has 0 saturated carbocycles. The standard InChI is InChI=1S/C19H24N4O4S/c1-12-11-23(19(26)22-17(12)25)16-9-14(24)15(27-16)10-21-18(28)20-8-7-13-5-3-2-4-6-13/h2-6,11,14-16,24H,7-10H2,1H3,(H2,20,21,28)(H,22,25,26)/t14-,15+,16-/m0/s1. The zero-order chi connectivity index (χ0) is 20.1. The van der Waals surface area contributed by atoms with Crippen LogP contribution in [0.5, 0.6) is 0 Å². The Hall–Kier alpha value is -2.49. The second-order valence-electron chi connectivity index (χ2n) is 6.78. The lowest BCUT2D eigenvalue weighted by atomic mass is 10.1. The van der Waals surface area contributed by atoms with E-state index >= 15 is 0 Å². The number of hydrogen-bond donors (Lipinski definition) is 4. The van der Waals surface area contributed by atoms with Crippen LogP contribution in [-0.2, 0) is 11.2 Å². The van der Waals surface area contributed by atoms with Gasteiger partial charge in [0.05, 0.1) is 6.10 Å². The lowest BCUT2D eigenvalue weighted by molar-refractivity contribution is -0.0173. The maximum Gasteiger partial charge on any atom is 0.330 e. The van der Waals surface area contributed by atoms with E-state index in [1.165, 1.54) is 16.3 Å². The molecule has 4 N–H and O–H groups in total. The topological polar surface area (TPSA) is 108 Å². The molecule has 0 radical (unpaired) electrons. The van der Waals surface area contributed by atoms with Crippen molar-refractivity contribution in [3.8, 4) is 0 Å². The number of hydrogen-bond acceptors (Lipinski definition) is 5. The molecule has 2 aromatic rings. The van der Waals surface area contributed by atoms with Crippen LogP contribution in [0.25, 0.3) is 0 Å². The molecule has 9 heteroatoms. The molecule has 1 saturated heterocycles. The average Bonchev–Trinajstić information content (AvgIpc) is 3.04. The van der Waals surface area contributed by atoms with Crippen LogP contribution in [0.2, 0.25) is 0 Å². The van der Waals surface area contributed by atoms with E-state index in [4.69, 9.17) is 17.0 Å². The van der Waals surface area contributed by atoms with Gasteiger partial charge in [0.15, 0.2) is 5.11 Å². The Morgan fingerprint density at radius 3 is 2.82 bits per heavy atom. The minimum atomic E-state index is -0.747. The number of H-pyrrole nitrogens is 1. The molecule has 1 aliphatic rings. The van der Waals surface area contributed by atoms with E-state index in [0.717, 1.165) is 6.42 Å². The third-order valence-corrected chi connectivity index (χ3v) is 4.95. The summed E-state index contributed by atoms with van der Waals surface area (Å²) in [5.41, 5.74) is 0.643. The predicted molar refractivity (Wildman–Crippen MR) is 109 cm³/mol. The van der Waals surface area contributed by atoms with Gasteiger partial charge in [0.2, 0.25) is 0 Å². The summed E-state index contributed by atoms with van der Waals surface area (Å²) in [7, 11) is 0. The molecule has 1 aromatic heterocycles. The van der Waals surface area contributed by atoms with Crippen molar-refractivity contribution in [1.29, 1.82) is 0 Å². The fourth-order valence-corrected chi connectivity index (χ4v) is 3.28. The quantitative estimate of drug-likeness (QED) is 0.510. The Balaban J connectivity index is 1.47. The number of aryl methyl sites for hydroxylation is 1. The zero-order valence-electron chi connectivity index (χ0n) is 15.6. The fourth-order valence-electron chi connectivity index (χ4n) is 3.09. The van der Waals surface area contributed by atoms with Gasteiger partial charge in [-0.2, -0.15) is 0 Å². The van der Waals surface area contributed by atoms with Crippen molar-refractivity contribution in [3.63, 3.8) is 0 Å². The van der Waals surface area contributed by atoms with Crippen LogP contribution in [0.15, 0.2) is 46.1 Å². The fraction of sp³-hybridized carbons (Fsp3) is 0.421. The monoisotopic (exact) mass is 404 g/mol. The Kier molecular flexibility index (Phi) is 6.61. The first-order valence-electron chi connectivity index (χ1n) is 9.15. The van der Waals surface area contributed by atoms with Gasteiger partial charge in [0.25, 0.3) is 5.56 Å². The maximum absolute atomic E-state index is 12.0. The van der Waals surface area contributed by atoms with E-state index in [-0.39, 0.29) is 6.42 Å². The van der Waals surface area contributed by atoms with E-state index in [0.29, 0.717) is 23.8 Å². The number of aromatic nitrogens is 2. The molecule has 1 aliphatic heterocycles. The van der Waals surface area contributed by atoms with Crippen LogP contribution in [-0.4, -0.2) is 45.1 Å². The van der Waals surface area contributed by atoms with Crippen LogP contribution in [0.3, 0.4) is 0 Å². The molecular formula is C19H24N4O4S. The molecule has 0 amide bonds. The zero-order valence-corrected chi connectivity index (χ0v) is 16.4. The highest BCUT2D eigenvalue weighted by atomic mass is 32.1. The van der Waals surface area contributed by atoms with E-state index in [9.17, 15) is 14.7 Å². The number of rotatable bonds is 6. The highest BCUT2D eigenvalue weighted by Crippen LogP contribution is 2.27. The normalized spacial score (nSPS) is 21.4. The van der Waals surface area contributed by atoms with Gasteiger partial charge < -0.3 is 20.5 Å². The van der Waals surface area contributed by atoms with Gasteiger partial charge in [-0.25, -0.2) is 4.79 Å². The van der Waals surface area contributed by atoms with Gasteiger partial charge in [0.1, 0.15) is 12.3 Å². The van der Waals surface area contributed by atoms with Gasteiger partial charge in [-0.05, 0) is 31.1 Å². The summed E-state index contributed by atoms with van der Waals surface area (Å²) in [4.78, 5) is 25.7. The van der Waals surface area contributed by atoms with Crippen LogP contribution >= 0.6 is 12.2 Å². The first kappa shape index (κ1) is 20.2. The lowest BCUT2D eigenvalue weighted by Gasteiger charge is -2.18. The van der Waals surface area contributed by atoms with Crippen molar-refractivity contribution in [2.75, 3.05) is 13.1 Å². The Bertz CT molecular complexity index is 928. The van der Waals surface area contributed by atoms with Crippen molar-refractivity contribution in [2.45, 2.75) is 38.2 Å².